The Morgan fingerprint density at radius 2 is 1.96 bits per heavy atom. The SMILES string of the molecule is CC(C)C(O)c1nnc2ccc(C(=O)NC3(C(N)=O)CCCC3)cn12. The zero-order chi connectivity index (χ0) is 18.2. The van der Waals surface area contributed by atoms with Crippen molar-refractivity contribution in [3.8, 4) is 0 Å². The molecule has 1 aliphatic rings. The van der Waals surface area contributed by atoms with E-state index in [-0.39, 0.29) is 11.8 Å². The first-order valence-electron chi connectivity index (χ1n) is 8.49. The van der Waals surface area contributed by atoms with Crippen molar-refractivity contribution in [2.24, 2.45) is 11.7 Å². The lowest BCUT2D eigenvalue weighted by molar-refractivity contribution is -0.123. The molecule has 1 saturated carbocycles. The minimum atomic E-state index is -0.973. The van der Waals surface area contributed by atoms with E-state index in [9.17, 15) is 14.7 Å². The summed E-state index contributed by atoms with van der Waals surface area (Å²) < 4.78 is 1.60. The average molecular weight is 345 g/mol. The van der Waals surface area contributed by atoms with Crippen LogP contribution in [0.3, 0.4) is 0 Å². The van der Waals surface area contributed by atoms with Crippen LogP contribution in [-0.4, -0.2) is 37.1 Å². The molecule has 0 spiro atoms. The summed E-state index contributed by atoms with van der Waals surface area (Å²) in [6.07, 6.45) is 3.62. The molecule has 4 N–H and O–H groups in total. The van der Waals surface area contributed by atoms with E-state index in [0.717, 1.165) is 12.8 Å². The number of carbonyl (C=O) groups is 2. The van der Waals surface area contributed by atoms with Crippen LogP contribution in [0.1, 0.15) is 61.8 Å². The summed E-state index contributed by atoms with van der Waals surface area (Å²) in [5.74, 6) is -0.535. The second-order valence-electron chi connectivity index (χ2n) is 7.00. The first-order chi connectivity index (χ1) is 11.8. The van der Waals surface area contributed by atoms with Crippen LogP contribution in [0.15, 0.2) is 18.3 Å². The largest absolute Gasteiger partial charge is 0.385 e. The van der Waals surface area contributed by atoms with Gasteiger partial charge in [0.05, 0.1) is 5.56 Å². The molecule has 8 heteroatoms. The van der Waals surface area contributed by atoms with E-state index in [1.54, 1.807) is 22.7 Å². The molecule has 1 aliphatic carbocycles. The third-order valence-corrected chi connectivity index (χ3v) is 4.87. The third-order valence-electron chi connectivity index (χ3n) is 4.87. The van der Waals surface area contributed by atoms with Crippen LogP contribution in [0.25, 0.3) is 5.65 Å². The van der Waals surface area contributed by atoms with Crippen molar-refractivity contribution >= 4 is 17.5 Å². The van der Waals surface area contributed by atoms with E-state index >= 15 is 0 Å². The van der Waals surface area contributed by atoms with Crippen LogP contribution in [0.5, 0.6) is 0 Å². The number of rotatable bonds is 5. The lowest BCUT2D eigenvalue weighted by Gasteiger charge is -2.26. The van der Waals surface area contributed by atoms with E-state index in [1.807, 2.05) is 13.8 Å². The molecule has 1 atom stereocenters. The Morgan fingerprint density at radius 3 is 2.56 bits per heavy atom. The number of carbonyl (C=O) groups excluding carboxylic acids is 2. The predicted molar refractivity (Wildman–Crippen MR) is 90.6 cm³/mol. The smallest absolute Gasteiger partial charge is 0.253 e. The maximum absolute atomic E-state index is 12.7. The molecule has 0 radical (unpaired) electrons. The summed E-state index contributed by atoms with van der Waals surface area (Å²) >= 11 is 0. The van der Waals surface area contributed by atoms with Crippen molar-refractivity contribution in [2.45, 2.75) is 51.2 Å². The molecule has 134 valence electrons. The summed E-state index contributed by atoms with van der Waals surface area (Å²) in [6.45, 7) is 3.75. The first-order valence-corrected chi connectivity index (χ1v) is 8.49. The minimum Gasteiger partial charge on any atom is -0.385 e. The standard InChI is InChI=1S/C17H23N5O3/c1-10(2)13(23)14-21-20-12-6-5-11(9-22(12)14)15(24)19-17(16(18)25)7-3-4-8-17/h5-6,9-10,13,23H,3-4,7-8H2,1-2H3,(H2,18,25)(H,19,24). The van der Waals surface area contributed by atoms with Crippen LogP contribution >= 0.6 is 0 Å². The molecule has 0 saturated heterocycles. The first kappa shape index (κ1) is 17.3. The van der Waals surface area contributed by atoms with Gasteiger partial charge in [-0.25, -0.2) is 0 Å². The highest BCUT2D eigenvalue weighted by atomic mass is 16.3. The highest BCUT2D eigenvalue weighted by molar-refractivity contribution is 5.99. The maximum Gasteiger partial charge on any atom is 0.253 e. The number of pyridine rings is 1. The fraction of sp³-hybridized carbons (Fsp3) is 0.529. The van der Waals surface area contributed by atoms with Gasteiger partial charge in [0, 0.05) is 6.20 Å². The Bertz CT molecular complexity index is 808. The van der Waals surface area contributed by atoms with E-state index in [0.29, 0.717) is 29.9 Å². The average Bonchev–Trinajstić information content (AvgIpc) is 3.20. The number of amides is 2. The van der Waals surface area contributed by atoms with Gasteiger partial charge >= 0.3 is 0 Å². The second kappa shape index (κ2) is 6.44. The zero-order valence-electron chi connectivity index (χ0n) is 14.4. The summed E-state index contributed by atoms with van der Waals surface area (Å²) in [4.78, 5) is 24.5. The Hall–Kier alpha value is -2.48. The maximum atomic E-state index is 12.7. The quantitative estimate of drug-likeness (QED) is 0.744. The van der Waals surface area contributed by atoms with Crippen LogP contribution in [-0.2, 0) is 4.79 Å². The Kier molecular flexibility index (Phi) is 4.47. The van der Waals surface area contributed by atoms with Gasteiger partial charge in [-0.05, 0) is 30.9 Å². The zero-order valence-corrected chi connectivity index (χ0v) is 14.4. The van der Waals surface area contributed by atoms with Crippen molar-refractivity contribution in [3.05, 3.63) is 29.7 Å². The van der Waals surface area contributed by atoms with Crippen molar-refractivity contribution in [3.63, 3.8) is 0 Å². The number of nitrogens with zero attached hydrogens (tertiary/aromatic N) is 3. The van der Waals surface area contributed by atoms with Gasteiger partial charge in [0.15, 0.2) is 11.5 Å². The number of nitrogens with two attached hydrogens (primary N) is 1. The van der Waals surface area contributed by atoms with Crippen molar-refractivity contribution < 1.29 is 14.7 Å². The van der Waals surface area contributed by atoms with Gasteiger partial charge in [-0.2, -0.15) is 0 Å². The van der Waals surface area contributed by atoms with Crippen molar-refractivity contribution in [1.82, 2.24) is 19.9 Å². The summed E-state index contributed by atoms with van der Waals surface area (Å²) in [7, 11) is 0. The Morgan fingerprint density at radius 1 is 1.28 bits per heavy atom. The topological polar surface area (TPSA) is 123 Å². The number of aromatic nitrogens is 3. The van der Waals surface area contributed by atoms with E-state index in [4.69, 9.17) is 5.73 Å². The fourth-order valence-electron chi connectivity index (χ4n) is 3.24. The number of primary amides is 1. The summed E-state index contributed by atoms with van der Waals surface area (Å²) in [5.41, 5.74) is 5.44. The molecule has 0 aliphatic heterocycles. The number of aliphatic hydroxyl groups is 1. The van der Waals surface area contributed by atoms with Gasteiger partial charge in [0.2, 0.25) is 5.91 Å². The second-order valence-corrected chi connectivity index (χ2v) is 7.00. The molecule has 0 aromatic carbocycles. The highest BCUT2D eigenvalue weighted by Gasteiger charge is 2.41. The van der Waals surface area contributed by atoms with E-state index in [1.165, 1.54) is 0 Å². The van der Waals surface area contributed by atoms with Crippen molar-refractivity contribution in [1.29, 1.82) is 0 Å². The monoisotopic (exact) mass is 345 g/mol. The van der Waals surface area contributed by atoms with Crippen LogP contribution < -0.4 is 11.1 Å². The minimum absolute atomic E-state index is 0.0403. The molecule has 8 nitrogen and oxygen atoms in total. The van der Waals surface area contributed by atoms with Gasteiger partial charge in [-0.3, -0.25) is 14.0 Å². The number of fused-ring (bicyclic) bond motifs is 1. The molecule has 25 heavy (non-hydrogen) atoms. The Labute approximate surface area is 145 Å². The van der Waals surface area contributed by atoms with Crippen LogP contribution in [0.4, 0.5) is 0 Å². The molecule has 3 rings (SSSR count). The third kappa shape index (κ3) is 3.09. The molecular weight excluding hydrogens is 322 g/mol. The number of hydrogen-bond donors (Lipinski definition) is 3. The van der Waals surface area contributed by atoms with Crippen molar-refractivity contribution in [2.75, 3.05) is 0 Å². The van der Waals surface area contributed by atoms with E-state index < -0.39 is 17.6 Å². The number of hydrogen-bond acceptors (Lipinski definition) is 5. The Balaban J connectivity index is 1.92. The molecular formula is C17H23N5O3. The lowest BCUT2D eigenvalue weighted by atomic mass is 9.96. The number of nitrogens with one attached hydrogen (secondary N) is 1. The van der Waals surface area contributed by atoms with Gasteiger partial charge in [-0.15, -0.1) is 10.2 Å². The van der Waals surface area contributed by atoms with Crippen LogP contribution in [0.2, 0.25) is 0 Å². The number of aliphatic hydroxyl groups excluding tert-OH is 1. The van der Waals surface area contributed by atoms with Gasteiger partial charge in [-0.1, -0.05) is 26.7 Å². The predicted octanol–water partition coefficient (Wildman–Crippen LogP) is 0.947. The molecule has 1 unspecified atom stereocenters. The fourth-order valence-corrected chi connectivity index (χ4v) is 3.24. The van der Waals surface area contributed by atoms with Gasteiger partial charge in [0.1, 0.15) is 11.6 Å². The van der Waals surface area contributed by atoms with Gasteiger partial charge in [0.25, 0.3) is 5.91 Å². The molecule has 2 heterocycles. The summed E-state index contributed by atoms with van der Waals surface area (Å²) in [5, 5.41) is 21.1. The lowest BCUT2D eigenvalue weighted by Crippen LogP contribution is -2.55. The summed E-state index contributed by atoms with van der Waals surface area (Å²) in [6, 6.07) is 3.28. The van der Waals surface area contributed by atoms with Gasteiger partial charge < -0.3 is 16.2 Å². The molecule has 2 amide bonds. The molecule has 2 aromatic heterocycles. The molecule has 0 bridgehead atoms. The molecule has 2 aromatic rings. The molecule has 1 fully saturated rings. The normalized spacial score (nSPS) is 17.8. The highest BCUT2D eigenvalue weighted by Crippen LogP contribution is 2.30. The van der Waals surface area contributed by atoms with Crippen LogP contribution in [0, 0.1) is 5.92 Å². The van der Waals surface area contributed by atoms with E-state index in [2.05, 4.69) is 15.5 Å².